The Labute approximate surface area is 401 Å². The van der Waals surface area contributed by atoms with E-state index in [0.29, 0.717) is 12.8 Å². The number of hydrogen-bond donors (Lipinski definition) is 1. The molecule has 382 valence electrons. The molecule has 0 bridgehead atoms. The Morgan fingerprint density at radius 2 is 0.484 bits per heavy atom. The van der Waals surface area contributed by atoms with E-state index in [1.165, 1.54) is 289 Å². The van der Waals surface area contributed by atoms with Crippen molar-refractivity contribution >= 4 is 11.9 Å². The summed E-state index contributed by atoms with van der Waals surface area (Å²) in [7, 11) is 0. The highest BCUT2D eigenvalue weighted by molar-refractivity contribution is 5.70. The third kappa shape index (κ3) is 53.5. The Hall–Kier alpha value is -1.10. The molecule has 1 N–H and O–H groups in total. The maximum Gasteiger partial charge on any atom is 0.306 e. The number of ether oxygens (including phenoxy) is 2. The van der Waals surface area contributed by atoms with Crippen LogP contribution >= 0.6 is 0 Å². The maximum atomic E-state index is 12.3. The molecule has 0 aliphatic heterocycles. The van der Waals surface area contributed by atoms with Crippen molar-refractivity contribution in [2.45, 2.75) is 354 Å². The van der Waals surface area contributed by atoms with Crippen LogP contribution in [0, 0.1) is 0 Å². The van der Waals surface area contributed by atoms with Gasteiger partial charge in [-0.3, -0.25) is 9.59 Å². The van der Waals surface area contributed by atoms with Gasteiger partial charge in [-0.25, -0.2) is 0 Å². The summed E-state index contributed by atoms with van der Waals surface area (Å²) < 4.78 is 10.7. The molecule has 0 aromatic rings. The molecule has 0 amide bonds. The second-order valence-corrected chi connectivity index (χ2v) is 20.4. The number of carbonyl (C=O) groups is 2. The average molecular weight is 906 g/mol. The third-order valence-corrected chi connectivity index (χ3v) is 13.9. The molecule has 0 fully saturated rings. The van der Waals surface area contributed by atoms with Crippen LogP contribution < -0.4 is 0 Å². The Kier molecular flexibility index (Phi) is 55.3. The van der Waals surface area contributed by atoms with Crippen LogP contribution in [0.3, 0.4) is 0 Å². The zero-order valence-corrected chi connectivity index (χ0v) is 43.8. The maximum absolute atomic E-state index is 12.3. The Morgan fingerprint density at radius 3 is 0.688 bits per heavy atom. The number of carbonyl (C=O) groups excluding carboxylic acids is 2. The lowest BCUT2D eigenvalue weighted by Crippen LogP contribution is -2.28. The van der Waals surface area contributed by atoms with Crippen molar-refractivity contribution in [3.05, 3.63) is 0 Å². The third-order valence-electron chi connectivity index (χ3n) is 13.9. The smallest absolute Gasteiger partial charge is 0.306 e. The van der Waals surface area contributed by atoms with Gasteiger partial charge in [0.1, 0.15) is 6.61 Å². The van der Waals surface area contributed by atoms with Gasteiger partial charge in [0.2, 0.25) is 0 Å². The Balaban J connectivity index is 3.38. The molecule has 0 spiro atoms. The van der Waals surface area contributed by atoms with Crippen molar-refractivity contribution in [1.82, 2.24) is 0 Å². The van der Waals surface area contributed by atoms with Crippen LogP contribution in [-0.2, 0) is 19.1 Å². The van der Waals surface area contributed by atoms with Crippen molar-refractivity contribution < 1.29 is 24.2 Å². The minimum Gasteiger partial charge on any atom is -0.462 e. The van der Waals surface area contributed by atoms with Gasteiger partial charge in [0, 0.05) is 12.8 Å². The fourth-order valence-corrected chi connectivity index (χ4v) is 9.44. The van der Waals surface area contributed by atoms with Gasteiger partial charge in [-0.05, 0) is 12.8 Å². The van der Waals surface area contributed by atoms with Crippen LogP contribution in [0.2, 0.25) is 0 Å². The van der Waals surface area contributed by atoms with Crippen LogP contribution in [0.1, 0.15) is 348 Å². The molecule has 0 rings (SSSR count). The first-order valence-corrected chi connectivity index (χ1v) is 29.6. The molecule has 0 aliphatic carbocycles. The fraction of sp³-hybridized carbons (Fsp3) is 0.966. The standard InChI is InChI=1S/C59H116O5/c1-3-5-7-9-11-13-15-17-19-21-23-25-26-27-28-29-30-31-32-34-36-38-40-42-44-46-48-50-52-54-59(62)64-57(55-60)56-63-58(61)53-51-49-47-45-43-41-39-37-35-33-24-22-20-18-16-14-12-10-8-6-4-2/h57,60H,3-56H2,1-2H3. The summed E-state index contributed by atoms with van der Waals surface area (Å²) in [6.07, 6.45) is 68.1. The van der Waals surface area contributed by atoms with E-state index in [9.17, 15) is 14.7 Å². The van der Waals surface area contributed by atoms with Crippen LogP contribution in [0.25, 0.3) is 0 Å². The van der Waals surface area contributed by atoms with E-state index in [1.807, 2.05) is 0 Å². The molecule has 0 aromatic heterocycles. The lowest BCUT2D eigenvalue weighted by atomic mass is 10.0. The van der Waals surface area contributed by atoms with Gasteiger partial charge >= 0.3 is 11.9 Å². The van der Waals surface area contributed by atoms with E-state index < -0.39 is 6.10 Å². The summed E-state index contributed by atoms with van der Waals surface area (Å²) in [4.78, 5) is 24.5. The first kappa shape index (κ1) is 62.9. The van der Waals surface area contributed by atoms with E-state index in [2.05, 4.69) is 13.8 Å². The first-order valence-electron chi connectivity index (χ1n) is 29.6. The van der Waals surface area contributed by atoms with Crippen LogP contribution in [0.4, 0.5) is 0 Å². The predicted molar refractivity (Wildman–Crippen MR) is 279 cm³/mol. The molecule has 1 atom stereocenters. The van der Waals surface area contributed by atoms with E-state index in [4.69, 9.17) is 9.47 Å². The zero-order valence-electron chi connectivity index (χ0n) is 43.8. The van der Waals surface area contributed by atoms with Gasteiger partial charge in [-0.15, -0.1) is 0 Å². The predicted octanol–water partition coefficient (Wildman–Crippen LogP) is 19.8. The van der Waals surface area contributed by atoms with Gasteiger partial charge in [-0.2, -0.15) is 0 Å². The summed E-state index contributed by atoms with van der Waals surface area (Å²) in [6.45, 7) is 4.21. The molecule has 0 aromatic carbocycles. The topological polar surface area (TPSA) is 72.8 Å². The van der Waals surface area contributed by atoms with Gasteiger partial charge in [0.15, 0.2) is 6.10 Å². The second-order valence-electron chi connectivity index (χ2n) is 20.4. The molecule has 0 saturated carbocycles. The summed E-state index contributed by atoms with van der Waals surface area (Å²) in [6, 6.07) is 0. The minimum absolute atomic E-state index is 0.0556. The zero-order chi connectivity index (χ0) is 46.3. The number of hydrogen-bond acceptors (Lipinski definition) is 5. The Morgan fingerprint density at radius 1 is 0.297 bits per heavy atom. The number of esters is 2. The molecule has 64 heavy (non-hydrogen) atoms. The number of rotatable bonds is 56. The van der Waals surface area contributed by atoms with Gasteiger partial charge < -0.3 is 14.6 Å². The number of unbranched alkanes of at least 4 members (excludes halogenated alkanes) is 48. The van der Waals surface area contributed by atoms with Gasteiger partial charge in [0.25, 0.3) is 0 Å². The molecule has 0 heterocycles. The highest BCUT2D eigenvalue weighted by atomic mass is 16.6. The normalized spacial score (nSPS) is 12.0. The van der Waals surface area contributed by atoms with Crippen LogP contribution in [0.15, 0.2) is 0 Å². The highest BCUT2D eigenvalue weighted by Crippen LogP contribution is 2.19. The molecule has 0 saturated heterocycles. The molecule has 5 nitrogen and oxygen atoms in total. The van der Waals surface area contributed by atoms with E-state index in [0.717, 1.165) is 32.1 Å². The SMILES string of the molecule is CCCCCCCCCCCCCCCCCCCCCCCCCCCCCCCC(=O)OC(CO)COC(=O)CCCCCCCCCCCCCCCCCCCCCCC. The average Bonchev–Trinajstić information content (AvgIpc) is 3.30. The molecule has 0 radical (unpaired) electrons. The molecule has 0 aliphatic rings. The van der Waals surface area contributed by atoms with Crippen molar-refractivity contribution in [1.29, 1.82) is 0 Å². The first-order chi connectivity index (χ1) is 31.6. The Bertz CT molecular complexity index is 891. The van der Waals surface area contributed by atoms with Crippen molar-refractivity contribution in [3.63, 3.8) is 0 Å². The van der Waals surface area contributed by atoms with Crippen LogP contribution in [-0.4, -0.2) is 36.4 Å². The van der Waals surface area contributed by atoms with E-state index in [1.54, 1.807) is 0 Å². The van der Waals surface area contributed by atoms with Crippen molar-refractivity contribution in [2.75, 3.05) is 13.2 Å². The molecule has 5 heteroatoms. The van der Waals surface area contributed by atoms with Gasteiger partial charge in [-0.1, -0.05) is 322 Å². The number of aliphatic hydroxyl groups excluding tert-OH is 1. The molecular weight excluding hydrogens is 789 g/mol. The van der Waals surface area contributed by atoms with Crippen LogP contribution in [0.5, 0.6) is 0 Å². The van der Waals surface area contributed by atoms with Crippen molar-refractivity contribution in [3.8, 4) is 0 Å². The molecular formula is C59H116O5. The summed E-state index contributed by atoms with van der Waals surface area (Å²) in [5.74, 6) is -0.562. The quantitative estimate of drug-likeness (QED) is 0.0486. The second kappa shape index (κ2) is 56.2. The highest BCUT2D eigenvalue weighted by Gasteiger charge is 2.16. The number of aliphatic hydroxyl groups is 1. The van der Waals surface area contributed by atoms with Crippen molar-refractivity contribution in [2.24, 2.45) is 0 Å². The van der Waals surface area contributed by atoms with E-state index >= 15 is 0 Å². The largest absolute Gasteiger partial charge is 0.462 e. The minimum atomic E-state index is -0.764. The molecule has 1 unspecified atom stereocenters. The summed E-state index contributed by atoms with van der Waals surface area (Å²) in [5, 5.41) is 9.66. The van der Waals surface area contributed by atoms with E-state index in [-0.39, 0.29) is 25.2 Å². The monoisotopic (exact) mass is 905 g/mol. The lowest BCUT2D eigenvalue weighted by molar-refractivity contribution is -0.161. The van der Waals surface area contributed by atoms with Gasteiger partial charge in [0.05, 0.1) is 6.61 Å². The summed E-state index contributed by atoms with van der Waals surface area (Å²) >= 11 is 0. The fourth-order valence-electron chi connectivity index (χ4n) is 9.44. The summed E-state index contributed by atoms with van der Waals surface area (Å²) in [5.41, 5.74) is 0. The lowest BCUT2D eigenvalue weighted by Gasteiger charge is -2.15.